The summed E-state index contributed by atoms with van der Waals surface area (Å²) >= 11 is 3.40. The summed E-state index contributed by atoms with van der Waals surface area (Å²) in [4.78, 5) is 11.9. The Balaban J connectivity index is 2.76. The van der Waals surface area contributed by atoms with Crippen molar-refractivity contribution >= 4 is 33.4 Å². The summed E-state index contributed by atoms with van der Waals surface area (Å²) in [6.07, 6.45) is -0.495. The third-order valence-electron chi connectivity index (χ3n) is 2.39. The Kier molecular flexibility index (Phi) is 6.26. The Labute approximate surface area is 140 Å². The van der Waals surface area contributed by atoms with E-state index in [0.29, 0.717) is 12.4 Å². The Morgan fingerprint density at radius 1 is 1.09 bits per heavy atom. The van der Waals surface area contributed by atoms with Gasteiger partial charge < -0.3 is 14.8 Å². The quantitative estimate of drug-likeness (QED) is 0.731. The van der Waals surface area contributed by atoms with Gasteiger partial charge in [-0.3, -0.25) is 5.32 Å². The smallest absolute Gasteiger partial charge is 0.412 e. The first-order valence-corrected chi connectivity index (χ1v) is 7.93. The number of halogens is 1. The second-order valence-corrected chi connectivity index (χ2v) is 7.81. The summed E-state index contributed by atoms with van der Waals surface area (Å²) in [6.45, 7) is 11.8. The largest absolute Gasteiger partial charge is 0.444 e. The van der Waals surface area contributed by atoms with Crippen molar-refractivity contribution in [3.63, 3.8) is 0 Å². The number of anilines is 2. The van der Waals surface area contributed by atoms with Crippen molar-refractivity contribution in [3.8, 4) is 0 Å². The third-order valence-corrected chi connectivity index (χ3v) is 2.88. The molecule has 1 aromatic rings. The van der Waals surface area contributed by atoms with Crippen molar-refractivity contribution in [2.75, 3.05) is 17.4 Å². The van der Waals surface area contributed by atoms with Crippen molar-refractivity contribution in [2.45, 2.75) is 52.7 Å². The van der Waals surface area contributed by atoms with Gasteiger partial charge in [0.25, 0.3) is 0 Å². The molecular weight excluding hydrogens is 348 g/mol. The Hall–Kier alpha value is -1.27. The molecule has 0 saturated heterocycles. The summed E-state index contributed by atoms with van der Waals surface area (Å²) in [7, 11) is 0. The topological polar surface area (TPSA) is 59.6 Å². The van der Waals surface area contributed by atoms with Gasteiger partial charge in [0.1, 0.15) is 12.3 Å². The summed E-state index contributed by atoms with van der Waals surface area (Å²) in [5.74, 6) is 0. The molecule has 0 radical (unpaired) electrons. The van der Waals surface area contributed by atoms with Crippen LogP contribution in [0.4, 0.5) is 16.2 Å². The zero-order valence-corrected chi connectivity index (χ0v) is 15.6. The molecule has 0 unspecified atom stereocenters. The number of hydrogen-bond acceptors (Lipinski definition) is 4. The minimum absolute atomic E-state index is 0.235. The average Bonchev–Trinajstić information content (AvgIpc) is 2.27. The lowest BCUT2D eigenvalue weighted by Gasteiger charge is -2.22. The van der Waals surface area contributed by atoms with E-state index >= 15 is 0 Å². The molecule has 0 aliphatic rings. The van der Waals surface area contributed by atoms with Crippen LogP contribution in [0.5, 0.6) is 0 Å². The molecule has 0 atom stereocenters. The maximum atomic E-state index is 11.9. The van der Waals surface area contributed by atoms with Gasteiger partial charge in [0.2, 0.25) is 0 Å². The molecule has 0 aliphatic heterocycles. The molecule has 0 aliphatic carbocycles. The number of rotatable bonds is 4. The molecule has 2 N–H and O–H groups in total. The van der Waals surface area contributed by atoms with E-state index in [4.69, 9.17) is 9.47 Å². The molecule has 5 nitrogen and oxygen atoms in total. The molecule has 6 heteroatoms. The van der Waals surface area contributed by atoms with Gasteiger partial charge in [-0.1, -0.05) is 15.9 Å². The first kappa shape index (κ1) is 18.8. The Morgan fingerprint density at radius 3 is 2.27 bits per heavy atom. The molecule has 0 spiro atoms. The van der Waals surface area contributed by atoms with Crippen LogP contribution in [0.3, 0.4) is 0 Å². The minimum Gasteiger partial charge on any atom is -0.444 e. The predicted molar refractivity (Wildman–Crippen MR) is 93.3 cm³/mol. The first-order valence-electron chi connectivity index (χ1n) is 7.14. The van der Waals surface area contributed by atoms with E-state index in [1.54, 1.807) is 0 Å². The third kappa shape index (κ3) is 7.66. The molecule has 0 fully saturated rings. The van der Waals surface area contributed by atoms with Crippen molar-refractivity contribution in [1.82, 2.24) is 0 Å². The second-order valence-electron chi connectivity index (χ2n) is 6.89. The number of carbonyl (C=O) groups excluding carboxylic acids is 1. The Morgan fingerprint density at radius 2 is 1.73 bits per heavy atom. The highest BCUT2D eigenvalue weighted by Gasteiger charge is 2.17. The van der Waals surface area contributed by atoms with E-state index in [1.807, 2.05) is 59.7 Å². The van der Waals surface area contributed by atoms with Crippen LogP contribution < -0.4 is 10.6 Å². The number of ether oxygens (including phenoxy) is 2. The summed E-state index contributed by atoms with van der Waals surface area (Å²) < 4.78 is 11.8. The van der Waals surface area contributed by atoms with Gasteiger partial charge in [-0.25, -0.2) is 4.79 Å². The van der Waals surface area contributed by atoms with E-state index < -0.39 is 11.7 Å². The highest BCUT2D eigenvalue weighted by molar-refractivity contribution is 9.10. The van der Waals surface area contributed by atoms with E-state index in [1.165, 1.54) is 0 Å². The number of amides is 1. The maximum absolute atomic E-state index is 11.9. The molecule has 0 heterocycles. The maximum Gasteiger partial charge on any atom is 0.412 e. The zero-order chi connectivity index (χ0) is 17.0. The highest BCUT2D eigenvalue weighted by Crippen LogP contribution is 2.27. The lowest BCUT2D eigenvalue weighted by atomic mass is 10.2. The lowest BCUT2D eigenvalue weighted by Crippen LogP contribution is -2.28. The van der Waals surface area contributed by atoms with Crippen molar-refractivity contribution in [1.29, 1.82) is 0 Å². The number of nitrogens with one attached hydrogen (secondary N) is 2. The van der Waals surface area contributed by atoms with Crippen molar-refractivity contribution in [2.24, 2.45) is 0 Å². The minimum atomic E-state index is -0.543. The predicted octanol–water partition coefficient (Wildman–Crippen LogP) is 4.98. The van der Waals surface area contributed by atoms with Crippen LogP contribution in [0, 0.1) is 0 Å². The first-order chi connectivity index (χ1) is 9.96. The van der Waals surface area contributed by atoms with E-state index in [-0.39, 0.29) is 5.60 Å². The van der Waals surface area contributed by atoms with Gasteiger partial charge >= 0.3 is 6.09 Å². The fourth-order valence-electron chi connectivity index (χ4n) is 1.52. The summed E-state index contributed by atoms with van der Waals surface area (Å²) in [5.41, 5.74) is 0.611. The lowest BCUT2D eigenvalue weighted by molar-refractivity contribution is 0.00845. The van der Waals surface area contributed by atoms with Crippen LogP contribution >= 0.6 is 15.9 Å². The van der Waals surface area contributed by atoms with Gasteiger partial charge in [0, 0.05) is 4.47 Å². The van der Waals surface area contributed by atoms with Crippen LogP contribution in [0.15, 0.2) is 22.7 Å². The highest BCUT2D eigenvalue weighted by atomic mass is 79.9. The van der Waals surface area contributed by atoms with Gasteiger partial charge in [-0.15, -0.1) is 0 Å². The fourth-order valence-corrected chi connectivity index (χ4v) is 1.88. The number of benzene rings is 1. The molecule has 1 rings (SSSR count). The SMILES string of the molecule is CC(C)(C)OCNc1ccc(Br)cc1NC(=O)OC(C)(C)C. The van der Waals surface area contributed by atoms with Gasteiger partial charge in [0.05, 0.1) is 17.0 Å². The zero-order valence-electron chi connectivity index (χ0n) is 14.0. The van der Waals surface area contributed by atoms with Crippen LogP contribution in [-0.2, 0) is 9.47 Å². The number of hydrogen-bond donors (Lipinski definition) is 2. The summed E-state index contributed by atoms with van der Waals surface area (Å²) in [6, 6.07) is 5.56. The normalized spacial score (nSPS) is 12.0. The van der Waals surface area contributed by atoms with Crippen LogP contribution in [0.2, 0.25) is 0 Å². The van der Waals surface area contributed by atoms with E-state index in [0.717, 1.165) is 10.2 Å². The molecule has 22 heavy (non-hydrogen) atoms. The van der Waals surface area contributed by atoms with Crippen LogP contribution in [0.1, 0.15) is 41.5 Å². The molecule has 0 bridgehead atoms. The molecule has 1 amide bonds. The van der Waals surface area contributed by atoms with Gasteiger partial charge in [0.15, 0.2) is 0 Å². The van der Waals surface area contributed by atoms with E-state index in [9.17, 15) is 4.79 Å². The van der Waals surface area contributed by atoms with Crippen LogP contribution in [-0.4, -0.2) is 24.0 Å². The number of carbonyl (C=O) groups is 1. The van der Waals surface area contributed by atoms with Crippen LogP contribution in [0.25, 0.3) is 0 Å². The molecule has 124 valence electrons. The van der Waals surface area contributed by atoms with Gasteiger partial charge in [-0.05, 0) is 59.7 Å². The Bertz CT molecular complexity index is 519. The molecule has 1 aromatic carbocycles. The summed E-state index contributed by atoms with van der Waals surface area (Å²) in [5, 5.41) is 5.90. The van der Waals surface area contributed by atoms with Crippen molar-refractivity contribution in [3.05, 3.63) is 22.7 Å². The fraction of sp³-hybridized carbons (Fsp3) is 0.562. The second kappa shape index (κ2) is 7.33. The molecule has 0 saturated carbocycles. The average molecular weight is 373 g/mol. The molecular formula is C16H25BrN2O3. The van der Waals surface area contributed by atoms with Crippen molar-refractivity contribution < 1.29 is 14.3 Å². The standard InChI is InChI=1S/C16H25BrN2O3/c1-15(2,3)21-10-18-12-8-7-11(17)9-13(12)19-14(20)22-16(4,5)6/h7-9,18H,10H2,1-6H3,(H,19,20). The monoisotopic (exact) mass is 372 g/mol. The van der Waals surface area contributed by atoms with Gasteiger partial charge in [-0.2, -0.15) is 0 Å². The van der Waals surface area contributed by atoms with E-state index in [2.05, 4.69) is 26.6 Å². The molecule has 0 aromatic heterocycles.